The Morgan fingerprint density at radius 1 is 1.23 bits per heavy atom. The Labute approximate surface area is 204 Å². The van der Waals surface area contributed by atoms with Gasteiger partial charge in [0.1, 0.15) is 6.07 Å². The van der Waals surface area contributed by atoms with Gasteiger partial charge in [-0.2, -0.15) is 5.26 Å². The summed E-state index contributed by atoms with van der Waals surface area (Å²) >= 11 is 0. The van der Waals surface area contributed by atoms with Gasteiger partial charge in [-0.25, -0.2) is 14.2 Å². The number of fused-ring (bicyclic) bond motifs is 1. The van der Waals surface area contributed by atoms with Crippen molar-refractivity contribution in [1.29, 1.82) is 5.26 Å². The van der Waals surface area contributed by atoms with Gasteiger partial charge in [0.15, 0.2) is 17.5 Å². The summed E-state index contributed by atoms with van der Waals surface area (Å²) in [7, 11) is 0. The molecule has 0 aliphatic rings. The number of amides is 1. The quantitative estimate of drug-likeness (QED) is 0.364. The van der Waals surface area contributed by atoms with Crippen molar-refractivity contribution < 1.29 is 14.3 Å². The number of nitrogens with zero attached hydrogens (tertiary/aromatic N) is 4. The third kappa shape index (κ3) is 6.57. The molecule has 0 radical (unpaired) electrons. The summed E-state index contributed by atoms with van der Waals surface area (Å²) in [5.74, 6) is -0.290. The first-order valence-corrected chi connectivity index (χ1v) is 11.5. The van der Waals surface area contributed by atoms with Gasteiger partial charge < -0.3 is 20.6 Å². The summed E-state index contributed by atoms with van der Waals surface area (Å²) in [6.45, 7) is 9.63. The Morgan fingerprint density at radius 2 is 1.97 bits per heavy atom. The molecule has 0 unspecified atom stereocenters. The molecule has 0 saturated heterocycles. The van der Waals surface area contributed by atoms with Gasteiger partial charge in [0.2, 0.25) is 0 Å². The Morgan fingerprint density at radius 3 is 2.60 bits per heavy atom. The highest BCUT2D eigenvalue weighted by Crippen LogP contribution is 2.27. The Balaban J connectivity index is 1.92. The molecule has 3 aromatic rings. The number of nitrogens with one attached hydrogen (secondary N) is 2. The molecule has 35 heavy (non-hydrogen) atoms. The Kier molecular flexibility index (Phi) is 7.75. The highest BCUT2D eigenvalue weighted by atomic mass is 19.1. The zero-order valence-corrected chi connectivity index (χ0v) is 20.6. The highest BCUT2D eigenvalue weighted by Gasteiger charge is 2.29. The van der Waals surface area contributed by atoms with Gasteiger partial charge in [-0.3, -0.25) is 4.98 Å². The summed E-state index contributed by atoms with van der Waals surface area (Å²) in [5, 5.41) is 26.4. The van der Waals surface area contributed by atoms with Crippen LogP contribution in [0.1, 0.15) is 46.6 Å². The molecule has 0 spiro atoms. The van der Waals surface area contributed by atoms with Crippen LogP contribution in [-0.4, -0.2) is 44.2 Å². The molecular weight excluding hydrogens is 447 g/mol. The van der Waals surface area contributed by atoms with Crippen molar-refractivity contribution in [3.8, 4) is 6.07 Å². The van der Waals surface area contributed by atoms with Crippen molar-refractivity contribution in [2.45, 2.75) is 52.6 Å². The fraction of sp³-hybridized carbons (Fsp3) is 0.385. The molecule has 2 aromatic heterocycles. The standard InChI is InChI=1S/C26H31FN6O2/c1-16(2)11-20(15-33(25(34)35)26(3,4)5)31-24-21(27)13-18(14-28)23(32-24)30-19-8-9-22-17(12-19)7-6-10-29-22/h6-10,12-13,16,20H,11,15H2,1-5H3,(H,34,35)(H2,30,31,32)/t20-/m1/s1. The van der Waals surface area contributed by atoms with Crippen LogP contribution in [0.3, 0.4) is 0 Å². The monoisotopic (exact) mass is 478 g/mol. The van der Waals surface area contributed by atoms with Crippen LogP contribution in [0.5, 0.6) is 0 Å². The number of hydrogen-bond acceptors (Lipinski definition) is 6. The fourth-order valence-corrected chi connectivity index (χ4v) is 3.86. The normalized spacial score (nSPS) is 12.3. The van der Waals surface area contributed by atoms with E-state index in [4.69, 9.17) is 0 Å². The summed E-state index contributed by atoms with van der Waals surface area (Å²) < 4.78 is 14.9. The van der Waals surface area contributed by atoms with E-state index >= 15 is 0 Å². The molecule has 3 rings (SSSR count). The number of benzene rings is 1. The first-order valence-electron chi connectivity index (χ1n) is 11.5. The van der Waals surface area contributed by atoms with Gasteiger partial charge in [-0.15, -0.1) is 0 Å². The Bertz CT molecular complexity index is 1250. The summed E-state index contributed by atoms with van der Waals surface area (Å²) in [4.78, 5) is 21.9. The maximum absolute atomic E-state index is 14.9. The molecule has 0 aliphatic carbocycles. The molecular formula is C26H31FN6O2. The molecule has 1 amide bonds. The van der Waals surface area contributed by atoms with E-state index in [1.165, 1.54) is 4.90 Å². The third-order valence-corrected chi connectivity index (χ3v) is 5.50. The van der Waals surface area contributed by atoms with Gasteiger partial charge in [0.25, 0.3) is 0 Å². The lowest BCUT2D eigenvalue weighted by atomic mass is 10.00. The van der Waals surface area contributed by atoms with E-state index in [1.54, 1.807) is 6.20 Å². The first kappa shape index (κ1) is 25.7. The summed E-state index contributed by atoms with van der Waals surface area (Å²) in [6, 6.07) is 12.0. The lowest BCUT2D eigenvalue weighted by molar-refractivity contribution is 0.0958. The number of hydrogen-bond donors (Lipinski definition) is 3. The summed E-state index contributed by atoms with van der Waals surface area (Å²) in [6.07, 6.45) is 1.26. The van der Waals surface area contributed by atoms with Crippen LogP contribution >= 0.6 is 0 Å². The predicted octanol–water partition coefficient (Wildman–Crippen LogP) is 5.99. The van der Waals surface area contributed by atoms with E-state index in [1.807, 2.05) is 71.0 Å². The van der Waals surface area contributed by atoms with Crippen LogP contribution < -0.4 is 10.6 Å². The van der Waals surface area contributed by atoms with Crippen LogP contribution in [0.25, 0.3) is 10.9 Å². The Hall–Kier alpha value is -3.93. The van der Waals surface area contributed by atoms with Crippen molar-refractivity contribution in [2.75, 3.05) is 17.2 Å². The molecule has 0 aliphatic heterocycles. The number of anilines is 3. The molecule has 1 aromatic carbocycles. The van der Waals surface area contributed by atoms with Crippen molar-refractivity contribution in [3.05, 3.63) is 54.0 Å². The largest absolute Gasteiger partial charge is 0.465 e. The molecule has 3 N–H and O–H groups in total. The van der Waals surface area contributed by atoms with E-state index in [-0.39, 0.29) is 35.7 Å². The van der Waals surface area contributed by atoms with Gasteiger partial charge >= 0.3 is 6.09 Å². The molecule has 0 fully saturated rings. The number of carbonyl (C=O) groups is 1. The lowest BCUT2D eigenvalue weighted by Crippen LogP contribution is -2.50. The maximum atomic E-state index is 14.9. The average Bonchev–Trinajstić information content (AvgIpc) is 2.77. The van der Waals surface area contributed by atoms with E-state index in [9.17, 15) is 19.6 Å². The van der Waals surface area contributed by atoms with E-state index in [0.29, 0.717) is 12.1 Å². The number of halogens is 1. The second kappa shape index (κ2) is 10.6. The number of rotatable bonds is 8. The van der Waals surface area contributed by atoms with Crippen molar-refractivity contribution in [1.82, 2.24) is 14.9 Å². The number of nitriles is 1. The number of carboxylic acid groups (broad SMARTS) is 1. The zero-order valence-electron chi connectivity index (χ0n) is 20.6. The zero-order chi connectivity index (χ0) is 25.8. The van der Waals surface area contributed by atoms with Gasteiger partial charge in [-0.1, -0.05) is 19.9 Å². The minimum Gasteiger partial charge on any atom is -0.465 e. The first-order chi connectivity index (χ1) is 16.5. The van der Waals surface area contributed by atoms with Gasteiger partial charge in [0, 0.05) is 35.4 Å². The number of pyridine rings is 2. The predicted molar refractivity (Wildman–Crippen MR) is 135 cm³/mol. The minimum absolute atomic E-state index is 0.0427. The highest BCUT2D eigenvalue weighted by molar-refractivity contribution is 5.83. The van der Waals surface area contributed by atoms with Crippen molar-refractivity contribution >= 4 is 34.3 Å². The minimum atomic E-state index is -1.05. The molecule has 184 valence electrons. The van der Waals surface area contributed by atoms with E-state index in [0.717, 1.165) is 17.0 Å². The van der Waals surface area contributed by atoms with Gasteiger partial charge in [0.05, 0.1) is 11.1 Å². The SMILES string of the molecule is CC(C)C[C@H](CN(C(=O)O)C(C)(C)C)Nc1nc(Nc2ccc3ncccc3c2)c(C#N)cc1F. The van der Waals surface area contributed by atoms with Crippen LogP contribution in [-0.2, 0) is 0 Å². The van der Waals surface area contributed by atoms with Crippen molar-refractivity contribution in [3.63, 3.8) is 0 Å². The fourth-order valence-electron chi connectivity index (χ4n) is 3.86. The van der Waals surface area contributed by atoms with Crippen LogP contribution in [0.15, 0.2) is 42.6 Å². The molecule has 2 heterocycles. The van der Waals surface area contributed by atoms with Crippen LogP contribution in [0, 0.1) is 23.1 Å². The molecule has 9 heteroatoms. The van der Waals surface area contributed by atoms with Crippen LogP contribution in [0.2, 0.25) is 0 Å². The lowest BCUT2D eigenvalue weighted by Gasteiger charge is -2.36. The summed E-state index contributed by atoms with van der Waals surface area (Å²) in [5.41, 5.74) is 0.931. The topological polar surface area (TPSA) is 114 Å². The van der Waals surface area contributed by atoms with Gasteiger partial charge in [-0.05, 0) is 63.4 Å². The number of aromatic nitrogens is 2. The second-order valence-corrected chi connectivity index (χ2v) is 9.90. The molecule has 0 saturated carbocycles. The van der Waals surface area contributed by atoms with E-state index < -0.39 is 17.4 Å². The third-order valence-electron chi connectivity index (χ3n) is 5.50. The average molecular weight is 479 g/mol. The molecule has 0 bridgehead atoms. The maximum Gasteiger partial charge on any atom is 0.407 e. The smallest absolute Gasteiger partial charge is 0.407 e. The van der Waals surface area contributed by atoms with Crippen molar-refractivity contribution in [2.24, 2.45) is 5.92 Å². The molecule has 1 atom stereocenters. The second-order valence-electron chi connectivity index (χ2n) is 9.90. The molecule has 8 nitrogen and oxygen atoms in total. The van der Waals surface area contributed by atoms with E-state index in [2.05, 4.69) is 20.6 Å². The van der Waals surface area contributed by atoms with Crippen LogP contribution in [0.4, 0.5) is 26.5 Å².